The molecule has 0 unspecified atom stereocenters. The molecule has 3 N–H and O–H groups in total. The second kappa shape index (κ2) is 6.35. The molecule has 4 rings (SSSR count). The standard InChI is InChI=1S/C18H18N6O3/c1-24-16(19)14-13(23-24)15(21-8-20-14)17(25)22-12-6-4-9-7-10(18(26)27-2)3-5-11(9)12/h3,5,7-8,12H,4,6,19H2,1-2H3,(H,22,25)/t12-/m0/s1. The minimum Gasteiger partial charge on any atom is -0.465 e. The van der Waals surface area contributed by atoms with Gasteiger partial charge in [-0.2, -0.15) is 5.10 Å². The summed E-state index contributed by atoms with van der Waals surface area (Å²) < 4.78 is 6.22. The first-order chi connectivity index (χ1) is 13.0. The number of benzene rings is 1. The van der Waals surface area contributed by atoms with Gasteiger partial charge in [-0.3, -0.25) is 9.48 Å². The molecule has 9 nitrogen and oxygen atoms in total. The number of nitrogens with one attached hydrogen (secondary N) is 1. The van der Waals surface area contributed by atoms with Crippen molar-refractivity contribution in [1.29, 1.82) is 0 Å². The number of aromatic nitrogens is 4. The third-order valence-corrected chi connectivity index (χ3v) is 4.83. The molecule has 138 valence electrons. The topological polar surface area (TPSA) is 125 Å². The number of carbonyl (C=O) groups excluding carboxylic acids is 2. The molecule has 0 saturated carbocycles. The van der Waals surface area contributed by atoms with E-state index < -0.39 is 0 Å². The van der Waals surface area contributed by atoms with E-state index in [-0.39, 0.29) is 23.6 Å². The Labute approximate surface area is 154 Å². The van der Waals surface area contributed by atoms with E-state index in [1.165, 1.54) is 18.1 Å². The maximum atomic E-state index is 12.8. The molecular formula is C18H18N6O3. The smallest absolute Gasteiger partial charge is 0.337 e. The largest absolute Gasteiger partial charge is 0.465 e. The van der Waals surface area contributed by atoms with Gasteiger partial charge in [-0.05, 0) is 36.1 Å². The fraction of sp³-hybridized carbons (Fsp3) is 0.278. The van der Waals surface area contributed by atoms with E-state index >= 15 is 0 Å². The highest BCUT2D eigenvalue weighted by Gasteiger charge is 2.27. The molecule has 0 bridgehead atoms. The molecule has 0 fully saturated rings. The summed E-state index contributed by atoms with van der Waals surface area (Å²) in [4.78, 5) is 32.7. The predicted molar refractivity (Wildman–Crippen MR) is 97.0 cm³/mol. The second-order valence-electron chi connectivity index (χ2n) is 6.40. The summed E-state index contributed by atoms with van der Waals surface area (Å²) in [5, 5.41) is 7.25. The van der Waals surface area contributed by atoms with Crippen LogP contribution in [0.3, 0.4) is 0 Å². The van der Waals surface area contributed by atoms with Crippen LogP contribution in [0.5, 0.6) is 0 Å². The van der Waals surface area contributed by atoms with Crippen molar-refractivity contribution in [3.63, 3.8) is 0 Å². The lowest BCUT2D eigenvalue weighted by atomic mass is 10.0. The first-order valence-corrected chi connectivity index (χ1v) is 8.44. The van der Waals surface area contributed by atoms with Gasteiger partial charge in [-0.15, -0.1) is 0 Å². The van der Waals surface area contributed by atoms with Crippen LogP contribution < -0.4 is 11.1 Å². The van der Waals surface area contributed by atoms with Gasteiger partial charge < -0.3 is 15.8 Å². The van der Waals surface area contributed by atoms with Gasteiger partial charge in [0.25, 0.3) is 5.91 Å². The number of ether oxygens (including phenoxy) is 1. The number of hydrogen-bond acceptors (Lipinski definition) is 7. The number of anilines is 1. The fourth-order valence-corrected chi connectivity index (χ4v) is 3.42. The minimum atomic E-state index is -0.374. The summed E-state index contributed by atoms with van der Waals surface area (Å²) in [6.07, 6.45) is 2.81. The predicted octanol–water partition coefficient (Wildman–Crippen LogP) is 1.15. The minimum absolute atomic E-state index is 0.162. The number of esters is 1. The van der Waals surface area contributed by atoms with Gasteiger partial charge in [0.15, 0.2) is 5.69 Å². The number of fused-ring (bicyclic) bond motifs is 2. The number of carbonyl (C=O) groups is 2. The second-order valence-corrected chi connectivity index (χ2v) is 6.40. The van der Waals surface area contributed by atoms with E-state index in [0.717, 1.165) is 24.0 Å². The van der Waals surface area contributed by atoms with E-state index in [1.807, 2.05) is 12.1 Å². The van der Waals surface area contributed by atoms with E-state index in [1.54, 1.807) is 13.1 Å². The number of aryl methyl sites for hydroxylation is 2. The molecule has 2 aromatic heterocycles. The lowest BCUT2D eigenvalue weighted by molar-refractivity contribution is 0.0600. The lowest BCUT2D eigenvalue weighted by Crippen LogP contribution is -2.28. The molecule has 9 heteroatoms. The van der Waals surface area contributed by atoms with Gasteiger partial charge in [0, 0.05) is 7.05 Å². The average Bonchev–Trinajstić information content (AvgIpc) is 3.21. The number of hydrogen-bond donors (Lipinski definition) is 2. The van der Waals surface area contributed by atoms with Crippen LogP contribution in [-0.4, -0.2) is 38.7 Å². The van der Waals surface area contributed by atoms with Gasteiger partial charge in [-0.1, -0.05) is 6.07 Å². The van der Waals surface area contributed by atoms with Crippen molar-refractivity contribution in [2.75, 3.05) is 12.8 Å². The molecule has 1 aliphatic carbocycles. The summed E-state index contributed by atoms with van der Waals surface area (Å²) in [7, 11) is 3.04. The Balaban J connectivity index is 1.61. The molecule has 1 amide bonds. The van der Waals surface area contributed by atoms with Crippen LogP contribution in [0, 0.1) is 0 Å². The number of rotatable bonds is 3. The highest BCUT2D eigenvalue weighted by Crippen LogP contribution is 2.32. The van der Waals surface area contributed by atoms with Gasteiger partial charge in [0.1, 0.15) is 23.2 Å². The Kier molecular flexibility index (Phi) is 3.98. The van der Waals surface area contributed by atoms with Gasteiger partial charge in [-0.25, -0.2) is 14.8 Å². The fourth-order valence-electron chi connectivity index (χ4n) is 3.42. The third-order valence-electron chi connectivity index (χ3n) is 4.83. The van der Waals surface area contributed by atoms with E-state index in [0.29, 0.717) is 22.4 Å². The molecule has 0 aliphatic heterocycles. The Hall–Kier alpha value is -3.49. The Morgan fingerprint density at radius 1 is 1.30 bits per heavy atom. The quantitative estimate of drug-likeness (QED) is 0.666. The summed E-state index contributed by atoms with van der Waals surface area (Å²) in [5.74, 6) is -0.334. The van der Waals surface area contributed by atoms with Crippen molar-refractivity contribution in [2.45, 2.75) is 18.9 Å². The van der Waals surface area contributed by atoms with Crippen molar-refractivity contribution in [2.24, 2.45) is 7.05 Å². The molecule has 1 aliphatic rings. The zero-order valence-electron chi connectivity index (χ0n) is 14.9. The molecule has 1 atom stereocenters. The Morgan fingerprint density at radius 3 is 2.89 bits per heavy atom. The van der Waals surface area contributed by atoms with Crippen molar-refractivity contribution in [3.8, 4) is 0 Å². The third kappa shape index (κ3) is 2.77. The summed E-state index contributed by atoms with van der Waals surface area (Å²) in [6.45, 7) is 0. The first-order valence-electron chi connectivity index (χ1n) is 8.44. The summed E-state index contributed by atoms with van der Waals surface area (Å²) >= 11 is 0. The lowest BCUT2D eigenvalue weighted by Gasteiger charge is -2.14. The van der Waals surface area contributed by atoms with Crippen molar-refractivity contribution < 1.29 is 14.3 Å². The monoisotopic (exact) mass is 366 g/mol. The van der Waals surface area contributed by atoms with Gasteiger partial charge in [0.2, 0.25) is 0 Å². The highest BCUT2D eigenvalue weighted by atomic mass is 16.5. The van der Waals surface area contributed by atoms with Crippen molar-refractivity contribution >= 4 is 28.7 Å². The maximum Gasteiger partial charge on any atom is 0.337 e. The van der Waals surface area contributed by atoms with Gasteiger partial charge >= 0.3 is 5.97 Å². The zero-order chi connectivity index (χ0) is 19.1. The number of nitrogens with zero attached hydrogens (tertiary/aromatic N) is 4. The Bertz CT molecular complexity index is 1070. The number of nitrogens with two attached hydrogens (primary N) is 1. The summed E-state index contributed by atoms with van der Waals surface area (Å²) in [6, 6.07) is 5.21. The number of amides is 1. The van der Waals surface area contributed by atoms with Crippen LogP contribution in [0.1, 0.15) is 44.4 Å². The number of methoxy groups -OCH3 is 1. The molecule has 27 heavy (non-hydrogen) atoms. The highest BCUT2D eigenvalue weighted by molar-refractivity contribution is 6.04. The van der Waals surface area contributed by atoms with Crippen LogP contribution in [0.25, 0.3) is 11.0 Å². The molecular weight excluding hydrogens is 348 g/mol. The maximum absolute atomic E-state index is 12.8. The molecule has 1 aromatic carbocycles. The summed E-state index contributed by atoms with van der Waals surface area (Å²) in [5.41, 5.74) is 9.45. The van der Waals surface area contributed by atoms with Crippen molar-refractivity contribution in [1.82, 2.24) is 25.1 Å². The SMILES string of the molecule is COC(=O)c1ccc2c(c1)CC[C@@H]2NC(=O)c1ncnc2c(N)n(C)nc12. The van der Waals surface area contributed by atoms with E-state index in [9.17, 15) is 9.59 Å². The van der Waals surface area contributed by atoms with Gasteiger partial charge in [0.05, 0.1) is 18.7 Å². The normalized spacial score (nSPS) is 15.6. The van der Waals surface area contributed by atoms with Crippen LogP contribution in [-0.2, 0) is 18.2 Å². The molecule has 0 saturated heterocycles. The van der Waals surface area contributed by atoms with Crippen LogP contribution in [0.4, 0.5) is 5.82 Å². The Morgan fingerprint density at radius 2 is 2.11 bits per heavy atom. The van der Waals surface area contributed by atoms with E-state index in [4.69, 9.17) is 10.5 Å². The molecule has 0 radical (unpaired) electrons. The number of nitrogen functional groups attached to an aromatic ring is 1. The van der Waals surface area contributed by atoms with Crippen LogP contribution in [0.15, 0.2) is 24.5 Å². The average molecular weight is 366 g/mol. The molecule has 3 aromatic rings. The first kappa shape index (κ1) is 17.0. The van der Waals surface area contributed by atoms with Crippen LogP contribution >= 0.6 is 0 Å². The molecule has 2 heterocycles. The van der Waals surface area contributed by atoms with Crippen molar-refractivity contribution in [3.05, 3.63) is 46.9 Å². The van der Waals surface area contributed by atoms with Crippen LogP contribution in [0.2, 0.25) is 0 Å². The van der Waals surface area contributed by atoms with E-state index in [2.05, 4.69) is 20.4 Å². The zero-order valence-corrected chi connectivity index (χ0v) is 14.9. The molecule has 0 spiro atoms.